The van der Waals surface area contributed by atoms with E-state index in [-0.39, 0.29) is 0 Å². The lowest BCUT2D eigenvalue weighted by atomic mass is 9.89. The number of hydrogen-bond acceptors (Lipinski definition) is 2. The maximum absolute atomic E-state index is 5.11. The molecule has 2 heteroatoms. The monoisotopic (exact) mass is 201 g/mol. The maximum Gasteiger partial charge on any atom is 0.0464 e. The highest BCUT2D eigenvalue weighted by atomic mass is 16.5. The summed E-state index contributed by atoms with van der Waals surface area (Å²) in [6, 6.07) is 0. The first-order valence-corrected chi connectivity index (χ1v) is 5.95. The first-order valence-electron chi connectivity index (χ1n) is 5.95. The van der Waals surface area contributed by atoms with Crippen molar-refractivity contribution in [2.24, 2.45) is 11.8 Å². The highest BCUT2D eigenvalue weighted by molar-refractivity contribution is 4.67. The summed E-state index contributed by atoms with van der Waals surface area (Å²) >= 11 is 0. The smallest absolute Gasteiger partial charge is 0.0464 e. The minimum absolute atomic E-state index is 0.768. The van der Waals surface area contributed by atoms with Crippen LogP contribution >= 0.6 is 0 Å². The van der Waals surface area contributed by atoms with Gasteiger partial charge in [0.15, 0.2) is 0 Å². The Labute approximate surface area is 89.4 Å². The summed E-state index contributed by atoms with van der Waals surface area (Å²) in [7, 11) is 1.78. The summed E-state index contributed by atoms with van der Waals surface area (Å²) in [6.45, 7) is 10.0. The van der Waals surface area contributed by atoms with Gasteiger partial charge in [0.2, 0.25) is 0 Å². The molecule has 0 bridgehead atoms. The van der Waals surface area contributed by atoms with E-state index < -0.39 is 0 Å². The van der Waals surface area contributed by atoms with E-state index in [1.807, 2.05) is 0 Å². The fourth-order valence-electron chi connectivity index (χ4n) is 1.75. The van der Waals surface area contributed by atoms with Gasteiger partial charge in [-0.25, -0.2) is 0 Å². The zero-order valence-corrected chi connectivity index (χ0v) is 10.3. The summed E-state index contributed by atoms with van der Waals surface area (Å²) in [6.07, 6.45) is 3.67. The van der Waals surface area contributed by atoms with E-state index in [9.17, 15) is 0 Å². The van der Waals surface area contributed by atoms with Gasteiger partial charge in [0.25, 0.3) is 0 Å². The van der Waals surface area contributed by atoms with Gasteiger partial charge in [-0.05, 0) is 37.8 Å². The topological polar surface area (TPSA) is 21.3 Å². The number of hydrogen-bond donors (Lipinski definition) is 1. The van der Waals surface area contributed by atoms with E-state index in [1.165, 1.54) is 19.3 Å². The van der Waals surface area contributed by atoms with Gasteiger partial charge in [-0.2, -0.15) is 0 Å². The lowest BCUT2D eigenvalue weighted by molar-refractivity contribution is 0.163. The van der Waals surface area contributed by atoms with Crippen LogP contribution in [0.1, 0.15) is 40.0 Å². The molecule has 0 aromatic carbocycles. The minimum Gasteiger partial charge on any atom is -0.385 e. The van der Waals surface area contributed by atoms with Crippen LogP contribution in [0, 0.1) is 11.8 Å². The van der Waals surface area contributed by atoms with Crippen molar-refractivity contribution in [3.8, 4) is 0 Å². The van der Waals surface area contributed by atoms with E-state index in [4.69, 9.17) is 4.74 Å². The summed E-state index contributed by atoms with van der Waals surface area (Å²) in [5.74, 6) is 1.57. The number of methoxy groups -OCH3 is 1. The standard InChI is InChI=1S/C12H27NO/c1-5-8-13-10-12(6-2)11(3)7-9-14-4/h11-13H,5-10H2,1-4H3. The average molecular weight is 201 g/mol. The van der Waals surface area contributed by atoms with Gasteiger partial charge in [0, 0.05) is 13.7 Å². The van der Waals surface area contributed by atoms with Gasteiger partial charge in [-0.1, -0.05) is 27.2 Å². The third-order valence-corrected chi connectivity index (χ3v) is 2.94. The number of rotatable bonds is 9. The van der Waals surface area contributed by atoms with Gasteiger partial charge in [0.05, 0.1) is 0 Å². The Morgan fingerprint density at radius 3 is 2.50 bits per heavy atom. The molecule has 0 amide bonds. The second kappa shape index (κ2) is 9.47. The van der Waals surface area contributed by atoms with Crippen molar-refractivity contribution in [2.45, 2.75) is 40.0 Å². The number of nitrogens with one attached hydrogen (secondary N) is 1. The second-order valence-corrected chi connectivity index (χ2v) is 4.13. The van der Waals surface area contributed by atoms with Gasteiger partial charge >= 0.3 is 0 Å². The molecule has 0 radical (unpaired) electrons. The van der Waals surface area contributed by atoms with Crippen molar-refractivity contribution < 1.29 is 4.74 Å². The van der Waals surface area contributed by atoms with Gasteiger partial charge < -0.3 is 10.1 Å². The molecule has 0 aromatic heterocycles. The fraction of sp³-hybridized carbons (Fsp3) is 1.00. The predicted octanol–water partition coefficient (Wildman–Crippen LogP) is 2.68. The van der Waals surface area contributed by atoms with Gasteiger partial charge in [-0.15, -0.1) is 0 Å². The van der Waals surface area contributed by atoms with Crippen LogP contribution in [0.5, 0.6) is 0 Å². The molecular weight excluding hydrogens is 174 g/mol. The van der Waals surface area contributed by atoms with Crippen LogP contribution in [-0.4, -0.2) is 26.8 Å². The van der Waals surface area contributed by atoms with Gasteiger partial charge in [0.1, 0.15) is 0 Å². The molecule has 2 unspecified atom stereocenters. The highest BCUT2D eigenvalue weighted by Crippen LogP contribution is 2.18. The molecule has 0 spiro atoms. The molecule has 0 aromatic rings. The lowest BCUT2D eigenvalue weighted by Gasteiger charge is -2.22. The fourth-order valence-corrected chi connectivity index (χ4v) is 1.75. The van der Waals surface area contributed by atoms with Crippen LogP contribution < -0.4 is 5.32 Å². The molecule has 0 saturated heterocycles. The van der Waals surface area contributed by atoms with E-state index >= 15 is 0 Å². The van der Waals surface area contributed by atoms with Crippen LogP contribution in [0.25, 0.3) is 0 Å². The molecule has 2 nitrogen and oxygen atoms in total. The Kier molecular flexibility index (Phi) is 9.42. The van der Waals surface area contributed by atoms with Crippen LogP contribution in [-0.2, 0) is 4.74 Å². The van der Waals surface area contributed by atoms with Crippen molar-refractivity contribution in [3.05, 3.63) is 0 Å². The largest absolute Gasteiger partial charge is 0.385 e. The molecule has 0 aliphatic carbocycles. The number of ether oxygens (including phenoxy) is 1. The van der Waals surface area contributed by atoms with Crippen molar-refractivity contribution in [1.82, 2.24) is 5.32 Å². The molecule has 0 saturated carbocycles. The molecular formula is C12H27NO. The van der Waals surface area contributed by atoms with Gasteiger partial charge in [-0.3, -0.25) is 0 Å². The third-order valence-electron chi connectivity index (χ3n) is 2.94. The van der Waals surface area contributed by atoms with Crippen LogP contribution in [0.3, 0.4) is 0 Å². The molecule has 0 rings (SSSR count). The lowest BCUT2D eigenvalue weighted by Crippen LogP contribution is -2.27. The SMILES string of the molecule is CCCNCC(CC)C(C)CCOC. The molecule has 0 fully saturated rings. The first-order chi connectivity index (χ1) is 6.76. The van der Waals surface area contributed by atoms with E-state index in [1.54, 1.807) is 7.11 Å². The van der Waals surface area contributed by atoms with E-state index in [0.717, 1.165) is 31.5 Å². The van der Waals surface area contributed by atoms with Crippen LogP contribution in [0.2, 0.25) is 0 Å². The van der Waals surface area contributed by atoms with E-state index in [2.05, 4.69) is 26.1 Å². The molecule has 86 valence electrons. The second-order valence-electron chi connectivity index (χ2n) is 4.13. The first kappa shape index (κ1) is 13.9. The molecule has 0 aliphatic heterocycles. The Morgan fingerprint density at radius 2 is 2.00 bits per heavy atom. The predicted molar refractivity (Wildman–Crippen MR) is 62.6 cm³/mol. The summed E-state index contributed by atoms with van der Waals surface area (Å²) in [4.78, 5) is 0. The summed E-state index contributed by atoms with van der Waals surface area (Å²) in [5, 5.41) is 3.50. The molecule has 0 heterocycles. The van der Waals surface area contributed by atoms with Crippen LogP contribution in [0.4, 0.5) is 0 Å². The highest BCUT2D eigenvalue weighted by Gasteiger charge is 2.14. The van der Waals surface area contributed by atoms with Crippen molar-refractivity contribution in [2.75, 3.05) is 26.8 Å². The Balaban J connectivity index is 3.62. The summed E-state index contributed by atoms with van der Waals surface area (Å²) < 4.78 is 5.11. The average Bonchev–Trinajstić information content (AvgIpc) is 2.21. The zero-order chi connectivity index (χ0) is 10.8. The van der Waals surface area contributed by atoms with Crippen molar-refractivity contribution in [3.63, 3.8) is 0 Å². The third kappa shape index (κ3) is 6.39. The van der Waals surface area contributed by atoms with Crippen LogP contribution in [0.15, 0.2) is 0 Å². The quantitative estimate of drug-likeness (QED) is 0.579. The molecule has 0 aliphatic rings. The van der Waals surface area contributed by atoms with Crippen molar-refractivity contribution in [1.29, 1.82) is 0 Å². The molecule has 1 N–H and O–H groups in total. The molecule has 14 heavy (non-hydrogen) atoms. The Morgan fingerprint density at radius 1 is 1.29 bits per heavy atom. The summed E-state index contributed by atoms with van der Waals surface area (Å²) in [5.41, 5.74) is 0. The van der Waals surface area contributed by atoms with Crippen molar-refractivity contribution >= 4 is 0 Å². The normalized spacial score (nSPS) is 15.4. The maximum atomic E-state index is 5.11. The Hall–Kier alpha value is -0.0800. The van der Waals surface area contributed by atoms with E-state index in [0.29, 0.717) is 0 Å². The Bertz CT molecular complexity index is 117. The zero-order valence-electron chi connectivity index (χ0n) is 10.3. The molecule has 2 atom stereocenters. The minimum atomic E-state index is 0.768.